The largest absolute Gasteiger partial charge is 0.508 e. The van der Waals surface area contributed by atoms with Gasteiger partial charge in [-0.3, -0.25) is 54.0 Å². The zero-order valence-corrected chi connectivity index (χ0v) is 49.3. The normalized spacial score (nSPS) is 19.6. The quantitative estimate of drug-likeness (QED) is 0.0307. The van der Waals surface area contributed by atoms with E-state index in [4.69, 9.17) is 10.5 Å². The Morgan fingerprint density at radius 3 is 1.69 bits per heavy atom. The second-order valence-electron chi connectivity index (χ2n) is 23.4. The number of hydrogen-bond acceptors (Lipinski definition) is 13. The van der Waals surface area contributed by atoms with Crippen molar-refractivity contribution in [1.82, 2.24) is 53.1 Å². The van der Waals surface area contributed by atoms with E-state index in [1.54, 1.807) is 79.0 Å². The molecule has 7 atom stereocenters. The van der Waals surface area contributed by atoms with Gasteiger partial charge in [0.25, 0.3) is 11.8 Å². The van der Waals surface area contributed by atoms with Gasteiger partial charge in [0.1, 0.15) is 48.1 Å². The Bertz CT molecular complexity index is 3240. The minimum absolute atomic E-state index is 0.0112. The van der Waals surface area contributed by atoms with Crippen LogP contribution in [0.3, 0.4) is 0 Å². The molecule has 4 aromatic carbocycles. The molecule has 4 aliphatic rings. The first-order valence-electron chi connectivity index (χ1n) is 30.0. The number of nitrogens with two attached hydrogens (primary N) is 1. The van der Waals surface area contributed by atoms with Crippen LogP contribution in [0.1, 0.15) is 93.9 Å². The number of carboxylic acids is 1. The van der Waals surface area contributed by atoms with Gasteiger partial charge in [0, 0.05) is 36.4 Å². The van der Waals surface area contributed by atoms with E-state index in [2.05, 4.69) is 53.1 Å². The first-order valence-corrected chi connectivity index (χ1v) is 30.0. The van der Waals surface area contributed by atoms with Gasteiger partial charge in [0.15, 0.2) is 0 Å². The number of carboxylic acid groups (broad SMARTS) is 1. The lowest BCUT2D eigenvalue weighted by atomic mass is 9.55. The van der Waals surface area contributed by atoms with Crippen molar-refractivity contribution >= 4 is 70.2 Å². The van der Waals surface area contributed by atoms with Crippen molar-refractivity contribution in [3.8, 4) is 5.75 Å². The lowest BCUT2D eigenvalue weighted by Crippen LogP contribution is -2.61. The molecule has 14 N–H and O–H groups in total. The maximum absolute atomic E-state index is 14.5. The maximum atomic E-state index is 14.5. The molecule has 5 aromatic rings. The second-order valence-corrected chi connectivity index (χ2v) is 23.4. The molecule has 88 heavy (non-hydrogen) atoms. The standard InChI is InChI=1S/C64H79N11O13/c1-3-4-18-49(70-60(83)52(32-44-34-66-48-19-12-11-17-46(44)48)73-64(87)88-56-42-25-40-24-41(27-42)28-43(56)26-40)59(82)72-53(33-55(78)79)61(84)71-51(31-38-15-9-6-10-16-38)63(86)75-74-62(85)50(30-37-13-7-5-8-14-37)69-54(77)35-67-57(80)36(2)68-58(81)47(65)29-39-20-22-45(76)23-21-39/h5-17,19-23,34,36,40-43,47,49-53,56,66,76H,3-4,18,24-33,35,65H2,1-2H3,(H,67,80)(H,68,81)(H,69,77)(H,70,83)(H,71,84)(H,72,82)(H,73,87)(H,74,85)(H,75,86)(H,78,79)/t36-,40?,41?,42?,43?,47+,49+,50+,51+,52-,53+,56?/m1/s1. The predicted molar refractivity (Wildman–Crippen MR) is 323 cm³/mol. The van der Waals surface area contributed by atoms with Crippen molar-refractivity contribution in [1.29, 1.82) is 0 Å². The number of aromatic hydroxyl groups is 1. The van der Waals surface area contributed by atoms with Crippen LogP contribution >= 0.6 is 0 Å². The number of hydrazine groups is 1. The molecule has 24 heteroatoms. The molecule has 4 aliphatic carbocycles. The van der Waals surface area contributed by atoms with Gasteiger partial charge in [-0.15, -0.1) is 0 Å². The highest BCUT2D eigenvalue weighted by Crippen LogP contribution is 2.54. The number of nitrogens with one attached hydrogen (secondary N) is 10. The lowest BCUT2D eigenvalue weighted by Gasteiger charge is -2.53. The van der Waals surface area contributed by atoms with Crippen molar-refractivity contribution in [2.75, 3.05) is 6.54 Å². The maximum Gasteiger partial charge on any atom is 0.408 e. The predicted octanol–water partition coefficient (Wildman–Crippen LogP) is 2.76. The van der Waals surface area contributed by atoms with Crippen LogP contribution in [0.15, 0.2) is 115 Å². The highest BCUT2D eigenvalue weighted by Gasteiger charge is 2.50. The summed E-state index contributed by atoms with van der Waals surface area (Å²) in [6, 6.07) is 21.2. The summed E-state index contributed by atoms with van der Waals surface area (Å²) in [6.07, 6.45) is 5.89. The van der Waals surface area contributed by atoms with Gasteiger partial charge in [-0.1, -0.05) is 111 Å². The Morgan fingerprint density at radius 1 is 0.568 bits per heavy atom. The SMILES string of the molecule is CCCC[C@H](NC(=O)[C@@H](Cc1c[nH]c2ccccc12)NC(=O)OC1C2CC3CC(C2)CC1C3)C(=O)N[C@@H](CC(=O)O)C(=O)N[C@@H](Cc1ccccc1)C(=O)NNC(=O)[C@H](Cc1ccccc1)NC(=O)CNC(=O)[C@@H](C)NC(=O)[C@@H](N)Cc1ccc(O)cc1. The number of carbonyl (C=O) groups excluding carboxylic acids is 9. The summed E-state index contributed by atoms with van der Waals surface area (Å²) in [7, 11) is 0. The van der Waals surface area contributed by atoms with E-state index in [-0.39, 0.29) is 55.8 Å². The summed E-state index contributed by atoms with van der Waals surface area (Å²) in [5.41, 5.74) is 14.0. The molecule has 24 nitrogen and oxygen atoms in total. The fourth-order valence-corrected chi connectivity index (χ4v) is 12.3. The number of fused-ring (bicyclic) bond motifs is 1. The van der Waals surface area contributed by atoms with Crippen molar-refractivity contribution in [3.63, 3.8) is 0 Å². The minimum Gasteiger partial charge on any atom is -0.508 e. The Morgan fingerprint density at radius 2 is 1.09 bits per heavy atom. The number of phenols is 1. The zero-order valence-electron chi connectivity index (χ0n) is 49.3. The van der Waals surface area contributed by atoms with E-state index in [0.29, 0.717) is 46.9 Å². The van der Waals surface area contributed by atoms with Crippen LogP contribution in [0.4, 0.5) is 4.79 Å². The van der Waals surface area contributed by atoms with Crippen molar-refractivity contribution in [2.24, 2.45) is 29.4 Å². The highest BCUT2D eigenvalue weighted by atomic mass is 16.6. The van der Waals surface area contributed by atoms with Gasteiger partial charge < -0.3 is 62.9 Å². The number of aromatic nitrogens is 1. The van der Waals surface area contributed by atoms with Gasteiger partial charge in [-0.2, -0.15) is 0 Å². The summed E-state index contributed by atoms with van der Waals surface area (Å²) < 4.78 is 6.14. The Hall–Kier alpha value is -9.32. The van der Waals surface area contributed by atoms with Crippen LogP contribution in [0.2, 0.25) is 0 Å². The number of aliphatic carboxylic acids is 1. The number of amides is 9. The van der Waals surface area contributed by atoms with E-state index >= 15 is 0 Å². The van der Waals surface area contributed by atoms with Gasteiger partial charge in [-0.05, 0) is 116 Å². The van der Waals surface area contributed by atoms with E-state index in [1.807, 2.05) is 31.2 Å². The molecule has 1 aromatic heterocycles. The molecule has 0 radical (unpaired) electrons. The fourth-order valence-electron chi connectivity index (χ4n) is 12.3. The number of H-pyrrole nitrogens is 1. The molecule has 0 spiro atoms. The minimum atomic E-state index is -1.80. The number of alkyl carbamates (subject to hydrolysis) is 1. The number of aromatic amines is 1. The molecule has 0 aliphatic heterocycles. The van der Waals surface area contributed by atoms with E-state index in [1.165, 1.54) is 25.5 Å². The van der Waals surface area contributed by atoms with E-state index in [9.17, 15) is 58.2 Å². The average molecular weight is 1210 g/mol. The fraction of sp³-hybridized carbons (Fsp3) is 0.438. The molecule has 468 valence electrons. The third kappa shape index (κ3) is 18.4. The Labute approximate surface area is 509 Å². The van der Waals surface area contributed by atoms with Crippen molar-refractivity contribution < 1.29 is 62.9 Å². The third-order valence-electron chi connectivity index (χ3n) is 16.6. The molecule has 0 saturated heterocycles. The topological polar surface area (TPSA) is 370 Å². The Kier molecular flexibility index (Phi) is 22.7. The number of phenolic OH excluding ortho intramolecular Hbond substituents is 1. The number of hydrogen-bond donors (Lipinski definition) is 13. The van der Waals surface area contributed by atoms with Gasteiger partial charge >= 0.3 is 12.1 Å². The van der Waals surface area contributed by atoms with Crippen LogP contribution in [0, 0.1) is 23.7 Å². The highest BCUT2D eigenvalue weighted by molar-refractivity contribution is 5.98. The summed E-state index contributed by atoms with van der Waals surface area (Å²) in [5, 5.41) is 38.5. The van der Waals surface area contributed by atoms with Crippen LogP contribution in [-0.4, -0.2) is 129 Å². The summed E-state index contributed by atoms with van der Waals surface area (Å²) in [4.78, 5) is 140. The summed E-state index contributed by atoms with van der Waals surface area (Å²) in [5.74, 6) is -6.48. The number of carbonyl (C=O) groups is 10. The van der Waals surface area contributed by atoms with Crippen LogP contribution in [-0.2, 0) is 73.6 Å². The van der Waals surface area contributed by atoms with Gasteiger partial charge in [-0.25, -0.2) is 4.79 Å². The average Bonchev–Trinajstić information content (AvgIpc) is 2.15. The van der Waals surface area contributed by atoms with Crippen molar-refractivity contribution in [3.05, 3.63) is 138 Å². The first-order chi connectivity index (χ1) is 42.3. The third-order valence-corrected chi connectivity index (χ3v) is 16.6. The molecule has 4 fully saturated rings. The molecule has 4 saturated carbocycles. The second kappa shape index (κ2) is 30.8. The smallest absolute Gasteiger partial charge is 0.408 e. The van der Waals surface area contributed by atoms with E-state index < -0.39 is 115 Å². The molecule has 9 rings (SSSR count). The van der Waals surface area contributed by atoms with Crippen molar-refractivity contribution in [2.45, 2.75) is 146 Å². The number of unbranched alkanes of at least 4 members (excludes halogenated alkanes) is 1. The summed E-state index contributed by atoms with van der Waals surface area (Å²) >= 11 is 0. The number of para-hydroxylation sites is 1. The molecule has 4 bridgehead atoms. The lowest BCUT2D eigenvalue weighted by molar-refractivity contribution is -0.141. The van der Waals surface area contributed by atoms with E-state index in [0.717, 1.165) is 36.6 Å². The van der Waals surface area contributed by atoms with Crippen LogP contribution in [0.25, 0.3) is 10.9 Å². The number of rotatable bonds is 29. The van der Waals surface area contributed by atoms with Crippen LogP contribution < -0.4 is 53.8 Å². The molecule has 9 amide bonds. The first kappa shape index (κ1) is 64.7. The Balaban J connectivity index is 0.910. The monoisotopic (exact) mass is 1210 g/mol. The molecular weight excluding hydrogens is 1130 g/mol. The molecule has 1 heterocycles. The summed E-state index contributed by atoms with van der Waals surface area (Å²) in [6.45, 7) is 2.63. The number of ether oxygens (including phenoxy) is 1. The van der Waals surface area contributed by atoms with Gasteiger partial charge in [0.2, 0.25) is 35.4 Å². The number of benzene rings is 4. The molecule has 0 unspecified atom stereocenters. The van der Waals surface area contributed by atoms with Gasteiger partial charge in [0.05, 0.1) is 19.0 Å². The molecular formula is C64H79N11O13. The van der Waals surface area contributed by atoms with Crippen LogP contribution in [0.5, 0.6) is 5.75 Å². The zero-order chi connectivity index (χ0) is 62.9.